The number of aromatic nitrogens is 1. The number of aliphatic carboxylic acids is 1. The highest BCUT2D eigenvalue weighted by atomic mass is 16.6. The molecule has 1 aromatic heterocycles. The van der Waals surface area contributed by atoms with Crippen LogP contribution in [0.5, 0.6) is 0 Å². The minimum absolute atomic E-state index is 0.0462. The molecule has 0 aliphatic carbocycles. The van der Waals surface area contributed by atoms with E-state index >= 15 is 0 Å². The molecule has 0 aliphatic rings. The summed E-state index contributed by atoms with van der Waals surface area (Å²) in [5.41, 5.74) is 0.401. The minimum atomic E-state index is -0.783. The number of anilines is 1. The number of hydrogen-bond acceptors (Lipinski definition) is 5. The van der Waals surface area contributed by atoms with Crippen LogP contribution in [0, 0.1) is 16.0 Å². The lowest BCUT2D eigenvalue weighted by Crippen LogP contribution is -2.12. The maximum atomic E-state index is 10.9. The summed E-state index contributed by atoms with van der Waals surface area (Å²) in [6.07, 6.45) is 6.29. The van der Waals surface area contributed by atoms with Gasteiger partial charge in [0.1, 0.15) is 11.9 Å². The molecular formula is C14H21N3O4. The van der Waals surface area contributed by atoms with Crippen molar-refractivity contribution in [3.8, 4) is 0 Å². The van der Waals surface area contributed by atoms with Gasteiger partial charge in [-0.2, -0.15) is 0 Å². The largest absolute Gasteiger partial charge is 0.481 e. The van der Waals surface area contributed by atoms with E-state index in [1.165, 1.54) is 12.4 Å². The summed E-state index contributed by atoms with van der Waals surface area (Å²) in [5, 5.41) is 22.6. The van der Waals surface area contributed by atoms with Crippen LogP contribution in [0.1, 0.15) is 39.0 Å². The van der Waals surface area contributed by atoms with Gasteiger partial charge in [0.05, 0.1) is 4.92 Å². The van der Waals surface area contributed by atoms with Gasteiger partial charge in [0.2, 0.25) is 0 Å². The molecule has 7 heteroatoms. The molecule has 1 heterocycles. The third-order valence-corrected chi connectivity index (χ3v) is 3.33. The zero-order chi connectivity index (χ0) is 15.7. The van der Waals surface area contributed by atoms with Crippen LogP contribution in [0.2, 0.25) is 0 Å². The quantitative estimate of drug-likeness (QED) is 0.507. The van der Waals surface area contributed by atoms with Crippen LogP contribution in [0.4, 0.5) is 11.4 Å². The summed E-state index contributed by atoms with van der Waals surface area (Å²) in [6, 6.07) is 1.57. The molecule has 0 radical (unpaired) electrons. The molecular weight excluding hydrogens is 274 g/mol. The summed E-state index contributed by atoms with van der Waals surface area (Å²) >= 11 is 0. The van der Waals surface area contributed by atoms with Crippen molar-refractivity contribution < 1.29 is 14.8 Å². The van der Waals surface area contributed by atoms with E-state index < -0.39 is 10.9 Å². The Morgan fingerprint density at radius 1 is 1.48 bits per heavy atom. The van der Waals surface area contributed by atoms with Gasteiger partial charge in [0.25, 0.3) is 0 Å². The molecule has 1 rings (SSSR count). The lowest BCUT2D eigenvalue weighted by Gasteiger charge is -2.15. The van der Waals surface area contributed by atoms with E-state index in [0.29, 0.717) is 24.6 Å². The van der Waals surface area contributed by atoms with Crippen molar-refractivity contribution in [3.05, 3.63) is 28.6 Å². The summed E-state index contributed by atoms with van der Waals surface area (Å²) in [5.74, 6) is -0.465. The Labute approximate surface area is 123 Å². The van der Waals surface area contributed by atoms with Gasteiger partial charge in [0, 0.05) is 19.2 Å². The summed E-state index contributed by atoms with van der Waals surface area (Å²) in [4.78, 5) is 24.8. The molecule has 21 heavy (non-hydrogen) atoms. The molecule has 0 amide bonds. The molecule has 2 N–H and O–H groups in total. The van der Waals surface area contributed by atoms with E-state index in [9.17, 15) is 14.9 Å². The van der Waals surface area contributed by atoms with Crippen molar-refractivity contribution in [1.82, 2.24) is 4.98 Å². The van der Waals surface area contributed by atoms with Crippen LogP contribution >= 0.6 is 0 Å². The molecule has 1 aromatic rings. The Balaban J connectivity index is 2.50. The lowest BCUT2D eigenvalue weighted by molar-refractivity contribution is -0.384. The van der Waals surface area contributed by atoms with Gasteiger partial charge >= 0.3 is 11.7 Å². The summed E-state index contributed by atoms with van der Waals surface area (Å²) in [6.45, 7) is 2.64. The van der Waals surface area contributed by atoms with Crippen molar-refractivity contribution >= 4 is 17.3 Å². The number of nitrogens with one attached hydrogen (secondary N) is 1. The highest BCUT2D eigenvalue weighted by Crippen LogP contribution is 2.23. The topological polar surface area (TPSA) is 105 Å². The molecule has 1 unspecified atom stereocenters. The number of hydrogen-bond donors (Lipinski definition) is 2. The average molecular weight is 295 g/mol. The average Bonchev–Trinajstić information content (AvgIpc) is 2.45. The monoisotopic (exact) mass is 295 g/mol. The fraction of sp³-hybridized carbons (Fsp3) is 0.571. The van der Waals surface area contributed by atoms with E-state index in [1.807, 2.05) is 0 Å². The fourth-order valence-electron chi connectivity index (χ4n) is 2.26. The maximum absolute atomic E-state index is 10.9. The van der Waals surface area contributed by atoms with Crippen LogP contribution in [-0.4, -0.2) is 27.5 Å². The third kappa shape index (κ3) is 6.20. The number of nitrogens with zero attached hydrogens (tertiary/aromatic N) is 2. The van der Waals surface area contributed by atoms with Crippen molar-refractivity contribution in [1.29, 1.82) is 0 Å². The first kappa shape index (κ1) is 16.9. The molecule has 0 fully saturated rings. The van der Waals surface area contributed by atoms with Crippen LogP contribution in [0.3, 0.4) is 0 Å². The minimum Gasteiger partial charge on any atom is -0.481 e. The van der Waals surface area contributed by atoms with Crippen molar-refractivity contribution in [3.63, 3.8) is 0 Å². The molecule has 0 bridgehead atoms. The van der Waals surface area contributed by atoms with Crippen molar-refractivity contribution in [2.45, 2.75) is 39.0 Å². The Bertz CT molecular complexity index is 479. The molecule has 7 nitrogen and oxygen atoms in total. The van der Waals surface area contributed by atoms with Crippen LogP contribution < -0.4 is 5.32 Å². The van der Waals surface area contributed by atoms with E-state index in [4.69, 9.17) is 5.11 Å². The molecule has 0 aromatic carbocycles. The van der Waals surface area contributed by atoms with Gasteiger partial charge in [-0.15, -0.1) is 0 Å². The number of rotatable bonds is 10. The molecule has 0 saturated carbocycles. The Kier molecular flexibility index (Phi) is 7.14. The second-order valence-electron chi connectivity index (χ2n) is 4.95. The van der Waals surface area contributed by atoms with E-state index in [0.717, 1.165) is 19.3 Å². The van der Waals surface area contributed by atoms with Gasteiger partial charge in [-0.3, -0.25) is 19.9 Å². The van der Waals surface area contributed by atoms with Gasteiger partial charge in [-0.1, -0.05) is 19.8 Å². The Morgan fingerprint density at radius 2 is 2.24 bits per heavy atom. The maximum Gasteiger partial charge on any atom is 0.310 e. The smallest absolute Gasteiger partial charge is 0.310 e. The molecule has 0 aliphatic heterocycles. The molecule has 116 valence electrons. The zero-order valence-corrected chi connectivity index (χ0v) is 12.1. The highest BCUT2D eigenvalue weighted by molar-refractivity contribution is 5.66. The highest BCUT2D eigenvalue weighted by Gasteiger charge is 2.14. The van der Waals surface area contributed by atoms with E-state index in [-0.39, 0.29) is 12.1 Å². The fourth-order valence-corrected chi connectivity index (χ4v) is 2.26. The summed E-state index contributed by atoms with van der Waals surface area (Å²) in [7, 11) is 0. The molecule has 1 atom stereocenters. The van der Waals surface area contributed by atoms with E-state index in [2.05, 4.69) is 17.2 Å². The molecule has 0 spiro atoms. The zero-order valence-electron chi connectivity index (χ0n) is 12.1. The number of carboxylic acid groups (broad SMARTS) is 1. The van der Waals surface area contributed by atoms with Gasteiger partial charge in [-0.05, 0) is 24.8 Å². The van der Waals surface area contributed by atoms with Crippen molar-refractivity contribution in [2.24, 2.45) is 5.92 Å². The second kappa shape index (κ2) is 8.89. The Hall–Kier alpha value is -2.18. The number of nitro groups is 1. The third-order valence-electron chi connectivity index (χ3n) is 3.33. The number of carboxylic acids is 1. The summed E-state index contributed by atoms with van der Waals surface area (Å²) < 4.78 is 0. The Morgan fingerprint density at radius 3 is 2.86 bits per heavy atom. The van der Waals surface area contributed by atoms with Gasteiger partial charge < -0.3 is 10.4 Å². The predicted molar refractivity (Wildman–Crippen MR) is 79.3 cm³/mol. The molecule has 0 saturated heterocycles. The first-order chi connectivity index (χ1) is 10.0. The standard InChI is InChI=1S/C14H21N3O4/c1-2-3-11(4-5-14(18)19)6-9-16-12-7-8-15-10-13(12)17(20)21/h7-8,10-11H,2-6,9H2,1H3,(H,15,16)(H,18,19). The lowest BCUT2D eigenvalue weighted by atomic mass is 9.94. The van der Waals surface area contributed by atoms with Gasteiger partial charge in [0.15, 0.2) is 0 Å². The first-order valence-corrected chi connectivity index (χ1v) is 7.08. The van der Waals surface area contributed by atoms with Crippen LogP contribution in [0.15, 0.2) is 18.5 Å². The van der Waals surface area contributed by atoms with Crippen molar-refractivity contribution in [2.75, 3.05) is 11.9 Å². The first-order valence-electron chi connectivity index (χ1n) is 7.08. The van der Waals surface area contributed by atoms with Crippen LogP contribution in [0.25, 0.3) is 0 Å². The SMILES string of the molecule is CCCC(CCNc1ccncc1[N+](=O)[O-])CCC(=O)O. The number of carbonyl (C=O) groups is 1. The van der Waals surface area contributed by atoms with E-state index in [1.54, 1.807) is 6.07 Å². The predicted octanol–water partition coefficient (Wildman–Crippen LogP) is 3.07. The van der Waals surface area contributed by atoms with Gasteiger partial charge in [-0.25, -0.2) is 0 Å². The number of pyridine rings is 1. The van der Waals surface area contributed by atoms with Crippen LogP contribution in [-0.2, 0) is 4.79 Å². The second-order valence-corrected chi connectivity index (χ2v) is 4.95. The normalized spacial score (nSPS) is 11.9.